The summed E-state index contributed by atoms with van der Waals surface area (Å²) in [6.45, 7) is 17.3. The second kappa shape index (κ2) is 9.01. The van der Waals surface area contributed by atoms with Crippen LogP contribution in [0, 0.1) is 0 Å². The largest absolute Gasteiger partial charge is 0.444 e. The molecule has 0 saturated heterocycles. The molecule has 0 aromatic rings. The van der Waals surface area contributed by atoms with E-state index >= 15 is 0 Å². The number of carbonyl (C=O) groups is 1. The Kier molecular flexibility index (Phi) is 8.76. The molecule has 0 bridgehead atoms. The van der Waals surface area contributed by atoms with Crippen molar-refractivity contribution in [2.24, 2.45) is 0 Å². The quantitative estimate of drug-likeness (QED) is 0.536. The van der Waals surface area contributed by atoms with E-state index in [1.807, 2.05) is 20.8 Å². The number of amides is 1. The third kappa shape index (κ3) is 9.96. The van der Waals surface area contributed by atoms with Gasteiger partial charge in [-0.15, -0.1) is 0 Å². The topological polar surface area (TPSA) is 66.0 Å². The summed E-state index contributed by atoms with van der Waals surface area (Å²) in [6, 6.07) is 0. The van der Waals surface area contributed by atoms with Gasteiger partial charge >= 0.3 is 6.09 Å². The van der Waals surface area contributed by atoms with E-state index in [0.29, 0.717) is 13.2 Å². The second-order valence-corrected chi connectivity index (χ2v) is 13.0. The standard InChI is InChI=1S/C16H35NO5Si/c1-15(2,3)22-14(18)17-10-13(20-12-19-7)11-21-23(8,9)16(4,5)6/h13H,10-12H2,1-9H3,(H,17,18)/t13-/m0/s1. The smallest absolute Gasteiger partial charge is 0.407 e. The van der Waals surface area contributed by atoms with Crippen LogP contribution in [0.15, 0.2) is 0 Å². The van der Waals surface area contributed by atoms with Gasteiger partial charge < -0.3 is 24.0 Å². The first-order chi connectivity index (χ1) is 10.3. The lowest BCUT2D eigenvalue weighted by molar-refractivity contribution is -0.0839. The molecular weight excluding hydrogens is 314 g/mol. The zero-order chi connectivity index (χ0) is 18.3. The average molecular weight is 350 g/mol. The van der Waals surface area contributed by atoms with Crippen LogP contribution in [0.5, 0.6) is 0 Å². The molecule has 0 aromatic heterocycles. The van der Waals surface area contributed by atoms with E-state index in [-0.39, 0.29) is 17.9 Å². The molecule has 7 heteroatoms. The first kappa shape index (κ1) is 22.4. The molecule has 6 nitrogen and oxygen atoms in total. The molecule has 0 heterocycles. The summed E-state index contributed by atoms with van der Waals surface area (Å²) in [6.07, 6.45) is -0.743. The number of hydrogen-bond acceptors (Lipinski definition) is 5. The van der Waals surface area contributed by atoms with E-state index < -0.39 is 20.0 Å². The summed E-state index contributed by atoms with van der Waals surface area (Å²) >= 11 is 0. The Labute approximate surface area is 142 Å². The molecule has 0 aromatic carbocycles. The summed E-state index contributed by atoms with van der Waals surface area (Å²) in [5, 5.41) is 2.84. The van der Waals surface area contributed by atoms with Gasteiger partial charge in [-0.2, -0.15) is 0 Å². The molecule has 0 aliphatic heterocycles. The van der Waals surface area contributed by atoms with E-state index in [1.165, 1.54) is 0 Å². The van der Waals surface area contributed by atoms with Crippen molar-refractivity contribution in [2.45, 2.75) is 71.4 Å². The highest BCUT2D eigenvalue weighted by Crippen LogP contribution is 2.36. The fourth-order valence-corrected chi connectivity index (χ4v) is 2.39. The Balaban J connectivity index is 4.50. The van der Waals surface area contributed by atoms with Crippen molar-refractivity contribution in [1.82, 2.24) is 5.32 Å². The molecule has 1 amide bonds. The third-order valence-electron chi connectivity index (χ3n) is 3.73. The number of ether oxygens (including phenoxy) is 3. The molecule has 0 aliphatic carbocycles. The molecule has 0 saturated carbocycles. The normalized spacial score (nSPS) is 14.5. The first-order valence-electron chi connectivity index (χ1n) is 8.00. The second-order valence-electron chi connectivity index (χ2n) is 8.15. The van der Waals surface area contributed by atoms with Crippen LogP contribution in [0.1, 0.15) is 41.5 Å². The number of nitrogens with one attached hydrogen (secondary N) is 1. The highest BCUT2D eigenvalue weighted by Gasteiger charge is 2.37. The molecule has 0 rings (SSSR count). The van der Waals surface area contributed by atoms with Crippen LogP contribution >= 0.6 is 0 Å². The monoisotopic (exact) mass is 349 g/mol. The van der Waals surface area contributed by atoms with E-state index in [1.54, 1.807) is 7.11 Å². The van der Waals surface area contributed by atoms with Gasteiger partial charge in [0.25, 0.3) is 0 Å². The van der Waals surface area contributed by atoms with Crippen molar-refractivity contribution in [3.05, 3.63) is 0 Å². The predicted molar refractivity (Wildman–Crippen MR) is 94.1 cm³/mol. The van der Waals surface area contributed by atoms with Crippen molar-refractivity contribution in [3.63, 3.8) is 0 Å². The van der Waals surface area contributed by atoms with Crippen LogP contribution in [-0.2, 0) is 18.6 Å². The minimum Gasteiger partial charge on any atom is -0.444 e. The van der Waals surface area contributed by atoms with Crippen LogP contribution < -0.4 is 5.32 Å². The predicted octanol–water partition coefficient (Wildman–Crippen LogP) is 3.52. The summed E-state index contributed by atoms with van der Waals surface area (Å²) in [5.74, 6) is 0. The summed E-state index contributed by atoms with van der Waals surface area (Å²) in [4.78, 5) is 11.7. The van der Waals surface area contributed by atoms with Gasteiger partial charge in [0.2, 0.25) is 0 Å². The van der Waals surface area contributed by atoms with E-state index in [4.69, 9.17) is 18.6 Å². The van der Waals surface area contributed by atoms with Crippen molar-refractivity contribution in [3.8, 4) is 0 Å². The zero-order valence-corrected chi connectivity index (χ0v) is 17.2. The number of rotatable bonds is 8. The Bertz CT molecular complexity index is 360. The lowest BCUT2D eigenvalue weighted by atomic mass is 10.2. The lowest BCUT2D eigenvalue weighted by Crippen LogP contribution is -2.45. The third-order valence-corrected chi connectivity index (χ3v) is 8.23. The van der Waals surface area contributed by atoms with E-state index in [2.05, 4.69) is 39.2 Å². The van der Waals surface area contributed by atoms with Gasteiger partial charge in [0.05, 0.1) is 12.7 Å². The minimum absolute atomic E-state index is 0.122. The maximum absolute atomic E-state index is 11.7. The van der Waals surface area contributed by atoms with Gasteiger partial charge in [0.1, 0.15) is 12.4 Å². The van der Waals surface area contributed by atoms with Gasteiger partial charge in [-0.25, -0.2) is 4.79 Å². The van der Waals surface area contributed by atoms with Gasteiger partial charge in [0, 0.05) is 13.7 Å². The summed E-state index contributed by atoms with van der Waals surface area (Å²) in [7, 11) is -0.304. The zero-order valence-electron chi connectivity index (χ0n) is 16.2. The van der Waals surface area contributed by atoms with Gasteiger partial charge in [0.15, 0.2) is 8.32 Å². The van der Waals surface area contributed by atoms with Crippen molar-refractivity contribution in [2.75, 3.05) is 27.1 Å². The fraction of sp³-hybridized carbons (Fsp3) is 0.938. The Morgan fingerprint density at radius 1 is 1.13 bits per heavy atom. The Hall–Kier alpha value is -0.633. The number of carbonyl (C=O) groups excluding carboxylic acids is 1. The van der Waals surface area contributed by atoms with Crippen molar-refractivity contribution < 1.29 is 23.4 Å². The molecule has 0 fully saturated rings. The van der Waals surface area contributed by atoms with Crippen LogP contribution in [0.4, 0.5) is 4.79 Å². The molecule has 0 unspecified atom stereocenters. The Morgan fingerprint density at radius 3 is 2.13 bits per heavy atom. The molecule has 23 heavy (non-hydrogen) atoms. The Morgan fingerprint density at radius 2 is 1.70 bits per heavy atom. The first-order valence-corrected chi connectivity index (χ1v) is 10.9. The molecule has 1 N–H and O–H groups in total. The molecule has 1 atom stereocenters. The number of hydrogen-bond donors (Lipinski definition) is 1. The van der Waals surface area contributed by atoms with E-state index in [9.17, 15) is 4.79 Å². The molecule has 0 spiro atoms. The van der Waals surface area contributed by atoms with Gasteiger partial charge in [-0.1, -0.05) is 20.8 Å². The van der Waals surface area contributed by atoms with Crippen molar-refractivity contribution >= 4 is 14.4 Å². The van der Waals surface area contributed by atoms with Crippen LogP contribution in [-0.4, -0.2) is 53.2 Å². The van der Waals surface area contributed by atoms with Crippen molar-refractivity contribution in [1.29, 1.82) is 0 Å². The molecule has 0 radical (unpaired) electrons. The molecular formula is C16H35NO5Si. The molecule has 0 aliphatic rings. The van der Waals surface area contributed by atoms with Gasteiger partial charge in [-0.05, 0) is 38.9 Å². The van der Waals surface area contributed by atoms with Gasteiger partial charge in [-0.3, -0.25) is 0 Å². The summed E-state index contributed by atoms with van der Waals surface area (Å²) in [5.41, 5.74) is -0.523. The fourth-order valence-electron chi connectivity index (χ4n) is 1.36. The van der Waals surface area contributed by atoms with E-state index in [0.717, 1.165) is 0 Å². The SMILES string of the molecule is COCO[C@@H](CNC(=O)OC(C)(C)C)CO[Si](C)(C)C(C)(C)C. The summed E-state index contributed by atoms with van der Waals surface area (Å²) < 4.78 is 21.9. The minimum atomic E-state index is -1.87. The van der Waals surface area contributed by atoms with Crippen LogP contribution in [0.25, 0.3) is 0 Å². The number of alkyl carbamates (subject to hydrolysis) is 1. The number of methoxy groups -OCH3 is 1. The molecule has 138 valence electrons. The highest BCUT2D eigenvalue weighted by molar-refractivity contribution is 6.74. The highest BCUT2D eigenvalue weighted by atomic mass is 28.4. The lowest BCUT2D eigenvalue weighted by Gasteiger charge is -2.37. The maximum Gasteiger partial charge on any atom is 0.407 e. The maximum atomic E-state index is 11.7. The average Bonchev–Trinajstić information content (AvgIpc) is 2.34. The van der Waals surface area contributed by atoms with Crippen LogP contribution in [0.2, 0.25) is 18.1 Å². The van der Waals surface area contributed by atoms with Crippen LogP contribution in [0.3, 0.4) is 0 Å².